The standard InChI is InChI=1S/C17H15NO6/c1-10-14(11(2)24-18-10)8-22-17(20)9-21-13-5-3-12-4-6-16(19)23-15(12)7-13/h3-7H,8-9H2,1-2H3. The Morgan fingerprint density at radius 1 is 1.21 bits per heavy atom. The van der Waals surface area contributed by atoms with E-state index in [2.05, 4.69) is 5.16 Å². The number of carbonyl (C=O) groups excluding carboxylic acids is 1. The summed E-state index contributed by atoms with van der Waals surface area (Å²) in [6.07, 6.45) is 0. The topological polar surface area (TPSA) is 91.8 Å². The van der Waals surface area contributed by atoms with Crippen LogP contribution in [0, 0.1) is 13.8 Å². The average Bonchev–Trinajstić information content (AvgIpc) is 2.89. The van der Waals surface area contributed by atoms with Crippen molar-refractivity contribution in [3.05, 3.63) is 57.8 Å². The summed E-state index contributed by atoms with van der Waals surface area (Å²) >= 11 is 0. The first kappa shape index (κ1) is 15.8. The molecular formula is C17H15NO6. The molecule has 0 saturated carbocycles. The number of aromatic nitrogens is 1. The molecule has 0 N–H and O–H groups in total. The van der Waals surface area contributed by atoms with Crippen LogP contribution in [0.5, 0.6) is 5.75 Å². The van der Waals surface area contributed by atoms with Gasteiger partial charge in [-0.1, -0.05) is 5.16 Å². The summed E-state index contributed by atoms with van der Waals surface area (Å²) in [6.45, 7) is 3.35. The van der Waals surface area contributed by atoms with Gasteiger partial charge < -0.3 is 18.4 Å². The van der Waals surface area contributed by atoms with E-state index in [4.69, 9.17) is 18.4 Å². The maximum atomic E-state index is 11.8. The van der Waals surface area contributed by atoms with Gasteiger partial charge in [-0.25, -0.2) is 9.59 Å². The minimum absolute atomic E-state index is 0.0793. The van der Waals surface area contributed by atoms with Crippen molar-refractivity contribution in [1.82, 2.24) is 5.16 Å². The van der Waals surface area contributed by atoms with Crippen LogP contribution in [0.3, 0.4) is 0 Å². The first-order valence-electron chi connectivity index (χ1n) is 7.27. The second kappa shape index (κ2) is 6.57. The van der Waals surface area contributed by atoms with Crippen LogP contribution in [-0.4, -0.2) is 17.7 Å². The summed E-state index contributed by atoms with van der Waals surface area (Å²) in [5, 5.41) is 4.56. The van der Waals surface area contributed by atoms with Crippen molar-refractivity contribution < 1.29 is 23.2 Å². The second-order valence-electron chi connectivity index (χ2n) is 5.21. The Bertz CT molecular complexity index is 920. The van der Waals surface area contributed by atoms with Gasteiger partial charge >= 0.3 is 11.6 Å². The van der Waals surface area contributed by atoms with Crippen molar-refractivity contribution in [3.8, 4) is 5.75 Å². The van der Waals surface area contributed by atoms with Crippen LogP contribution >= 0.6 is 0 Å². The van der Waals surface area contributed by atoms with E-state index in [1.807, 2.05) is 0 Å². The lowest BCUT2D eigenvalue weighted by Crippen LogP contribution is -2.15. The van der Waals surface area contributed by atoms with Gasteiger partial charge in [0.25, 0.3) is 0 Å². The van der Waals surface area contributed by atoms with E-state index in [1.54, 1.807) is 38.1 Å². The predicted octanol–water partition coefficient (Wildman–Crippen LogP) is 2.52. The molecule has 7 nitrogen and oxygen atoms in total. The molecule has 0 atom stereocenters. The molecule has 0 unspecified atom stereocenters. The van der Waals surface area contributed by atoms with Gasteiger partial charge in [0.05, 0.1) is 11.3 Å². The van der Waals surface area contributed by atoms with Crippen LogP contribution in [0.4, 0.5) is 0 Å². The van der Waals surface area contributed by atoms with Crippen molar-refractivity contribution in [2.24, 2.45) is 0 Å². The number of benzene rings is 1. The molecule has 0 spiro atoms. The number of rotatable bonds is 5. The Morgan fingerprint density at radius 2 is 2.00 bits per heavy atom. The molecule has 24 heavy (non-hydrogen) atoms. The number of ether oxygens (including phenoxy) is 2. The van der Waals surface area contributed by atoms with Crippen molar-refractivity contribution in [2.75, 3.05) is 6.61 Å². The number of nitrogens with zero attached hydrogens (tertiary/aromatic N) is 1. The normalized spacial score (nSPS) is 10.8. The fourth-order valence-corrected chi connectivity index (χ4v) is 2.18. The van der Waals surface area contributed by atoms with Crippen LogP contribution in [-0.2, 0) is 16.1 Å². The molecule has 0 radical (unpaired) electrons. The first-order valence-corrected chi connectivity index (χ1v) is 7.27. The minimum Gasteiger partial charge on any atom is -0.482 e. The molecule has 0 fully saturated rings. The first-order chi connectivity index (χ1) is 11.5. The summed E-state index contributed by atoms with van der Waals surface area (Å²) in [4.78, 5) is 23.0. The Labute approximate surface area is 136 Å². The molecule has 0 saturated heterocycles. The quantitative estimate of drug-likeness (QED) is 0.524. The monoisotopic (exact) mass is 329 g/mol. The van der Waals surface area contributed by atoms with Gasteiger partial charge in [-0.3, -0.25) is 0 Å². The summed E-state index contributed by atoms with van der Waals surface area (Å²) in [6, 6.07) is 7.97. The number of hydrogen-bond donors (Lipinski definition) is 0. The van der Waals surface area contributed by atoms with Gasteiger partial charge in [0, 0.05) is 17.5 Å². The Morgan fingerprint density at radius 3 is 2.75 bits per heavy atom. The van der Waals surface area contributed by atoms with Gasteiger partial charge in [-0.15, -0.1) is 0 Å². The summed E-state index contributed by atoms with van der Waals surface area (Å²) in [5.74, 6) is 0.501. The lowest BCUT2D eigenvalue weighted by Gasteiger charge is -2.07. The van der Waals surface area contributed by atoms with Crippen molar-refractivity contribution in [1.29, 1.82) is 0 Å². The highest BCUT2D eigenvalue weighted by molar-refractivity contribution is 5.78. The highest BCUT2D eigenvalue weighted by Gasteiger charge is 2.12. The van der Waals surface area contributed by atoms with Crippen LogP contribution in [0.2, 0.25) is 0 Å². The minimum atomic E-state index is -0.524. The van der Waals surface area contributed by atoms with Gasteiger partial charge in [0.15, 0.2) is 6.61 Å². The van der Waals surface area contributed by atoms with Crippen molar-refractivity contribution in [3.63, 3.8) is 0 Å². The van der Waals surface area contributed by atoms with Crippen LogP contribution in [0.1, 0.15) is 17.0 Å². The van der Waals surface area contributed by atoms with E-state index in [0.29, 0.717) is 22.8 Å². The molecule has 124 valence electrons. The maximum absolute atomic E-state index is 11.8. The van der Waals surface area contributed by atoms with Crippen LogP contribution in [0.25, 0.3) is 11.0 Å². The fourth-order valence-electron chi connectivity index (χ4n) is 2.18. The zero-order chi connectivity index (χ0) is 17.1. The Hall–Kier alpha value is -3.09. The van der Waals surface area contributed by atoms with E-state index in [1.165, 1.54) is 6.07 Å². The van der Waals surface area contributed by atoms with Gasteiger partial charge in [0.1, 0.15) is 23.7 Å². The van der Waals surface area contributed by atoms with E-state index in [0.717, 1.165) is 10.9 Å². The van der Waals surface area contributed by atoms with Gasteiger partial charge in [-0.05, 0) is 32.0 Å². The summed E-state index contributed by atoms with van der Waals surface area (Å²) in [7, 11) is 0. The molecule has 0 aliphatic rings. The molecule has 3 rings (SSSR count). The molecule has 0 aliphatic carbocycles. The number of fused-ring (bicyclic) bond motifs is 1. The second-order valence-corrected chi connectivity index (χ2v) is 5.21. The van der Waals surface area contributed by atoms with E-state index in [9.17, 15) is 9.59 Å². The maximum Gasteiger partial charge on any atom is 0.344 e. The molecule has 3 aromatic rings. The molecule has 0 aliphatic heterocycles. The molecular weight excluding hydrogens is 314 g/mol. The number of esters is 1. The number of hydrogen-bond acceptors (Lipinski definition) is 7. The van der Waals surface area contributed by atoms with Crippen LogP contribution < -0.4 is 10.4 Å². The lowest BCUT2D eigenvalue weighted by molar-refractivity contribution is -0.147. The van der Waals surface area contributed by atoms with E-state index in [-0.39, 0.29) is 13.2 Å². The smallest absolute Gasteiger partial charge is 0.344 e. The zero-order valence-electron chi connectivity index (χ0n) is 13.2. The van der Waals surface area contributed by atoms with E-state index >= 15 is 0 Å². The number of aryl methyl sites for hydroxylation is 2. The largest absolute Gasteiger partial charge is 0.482 e. The third-order valence-corrected chi connectivity index (χ3v) is 3.51. The Balaban J connectivity index is 1.59. The lowest BCUT2D eigenvalue weighted by atomic mass is 10.2. The average molecular weight is 329 g/mol. The Kier molecular flexibility index (Phi) is 4.33. The highest BCUT2D eigenvalue weighted by atomic mass is 16.6. The fraction of sp³-hybridized carbons (Fsp3) is 0.235. The van der Waals surface area contributed by atoms with Crippen LogP contribution in [0.15, 0.2) is 44.1 Å². The van der Waals surface area contributed by atoms with Crippen molar-refractivity contribution in [2.45, 2.75) is 20.5 Å². The predicted molar refractivity (Wildman–Crippen MR) is 83.8 cm³/mol. The number of carbonyl (C=O) groups is 1. The highest BCUT2D eigenvalue weighted by Crippen LogP contribution is 2.19. The summed E-state index contributed by atoms with van der Waals surface area (Å²) in [5.41, 5.74) is 1.38. The molecule has 7 heteroatoms. The SMILES string of the molecule is Cc1noc(C)c1COC(=O)COc1ccc2ccc(=O)oc2c1. The van der Waals surface area contributed by atoms with Gasteiger partial charge in [0.2, 0.25) is 0 Å². The zero-order valence-corrected chi connectivity index (χ0v) is 13.2. The van der Waals surface area contributed by atoms with Gasteiger partial charge in [-0.2, -0.15) is 0 Å². The molecule has 2 heterocycles. The molecule has 2 aromatic heterocycles. The summed E-state index contributed by atoms with van der Waals surface area (Å²) < 4.78 is 20.6. The van der Waals surface area contributed by atoms with E-state index < -0.39 is 11.6 Å². The molecule has 0 bridgehead atoms. The molecule has 1 aromatic carbocycles. The van der Waals surface area contributed by atoms with Crippen molar-refractivity contribution >= 4 is 16.9 Å². The third-order valence-electron chi connectivity index (χ3n) is 3.51. The third kappa shape index (κ3) is 3.45. The molecule has 0 amide bonds.